The van der Waals surface area contributed by atoms with E-state index in [9.17, 15) is 37.0 Å². The van der Waals surface area contributed by atoms with Crippen LogP contribution in [0.5, 0.6) is 0 Å². The van der Waals surface area contributed by atoms with Crippen LogP contribution in [-0.2, 0) is 19.0 Å². The van der Waals surface area contributed by atoms with Crippen molar-refractivity contribution in [3.63, 3.8) is 0 Å². The second-order valence-corrected chi connectivity index (χ2v) is 12.9. The van der Waals surface area contributed by atoms with Crippen molar-refractivity contribution in [2.75, 3.05) is 26.3 Å². The van der Waals surface area contributed by atoms with Crippen LogP contribution in [0.1, 0.15) is 52.5 Å². The number of halogens is 5. The predicted molar refractivity (Wildman–Crippen MR) is 154 cm³/mol. The Labute approximate surface area is 267 Å². The van der Waals surface area contributed by atoms with E-state index in [1.54, 1.807) is 25.7 Å². The molecule has 2 aromatic rings. The Kier molecular flexibility index (Phi) is 10.7. The first kappa shape index (κ1) is 34.9. The van der Waals surface area contributed by atoms with Crippen LogP contribution in [0.2, 0.25) is 0 Å². The molecule has 17 heteroatoms. The molecule has 1 amide bonds. The van der Waals surface area contributed by atoms with Crippen LogP contribution in [0.25, 0.3) is 11.3 Å². The van der Waals surface area contributed by atoms with E-state index in [1.807, 2.05) is 0 Å². The smallest absolute Gasteiger partial charge is 0.410 e. The summed E-state index contributed by atoms with van der Waals surface area (Å²) in [7, 11) is 0. The van der Waals surface area contributed by atoms with E-state index in [-0.39, 0.29) is 29.7 Å². The first-order valence-corrected chi connectivity index (χ1v) is 15.4. The molecule has 0 bridgehead atoms. The first-order valence-electron chi connectivity index (χ1n) is 15.4. The van der Waals surface area contributed by atoms with Gasteiger partial charge in [-0.05, 0) is 45.7 Å². The van der Waals surface area contributed by atoms with Crippen LogP contribution in [-0.4, -0.2) is 111 Å². The van der Waals surface area contributed by atoms with Crippen LogP contribution in [0.15, 0.2) is 23.5 Å². The molecule has 260 valence electrons. The summed E-state index contributed by atoms with van der Waals surface area (Å²) in [4.78, 5) is 19.8. The molecule has 0 radical (unpaired) electrons. The topological polar surface area (TPSA) is 141 Å². The Bertz CT molecular complexity index is 1410. The van der Waals surface area contributed by atoms with Gasteiger partial charge in [0.05, 0.1) is 24.6 Å². The molecule has 6 atom stereocenters. The summed E-state index contributed by atoms with van der Waals surface area (Å²) < 4.78 is 86.1. The summed E-state index contributed by atoms with van der Waals surface area (Å²) in [5.74, 6) is -4.52. The largest absolute Gasteiger partial charge is 0.444 e. The molecule has 1 unspecified atom stereocenters. The normalized spacial score (nSPS) is 27.2. The summed E-state index contributed by atoms with van der Waals surface area (Å²) in [5, 5.41) is 33.2. The van der Waals surface area contributed by atoms with Crippen molar-refractivity contribution >= 4 is 11.8 Å². The number of rotatable bonds is 9. The molecule has 5 rings (SSSR count). The Hall–Kier alpha value is -3.41. The molecule has 2 fully saturated rings. The quantitative estimate of drug-likeness (QED) is 0.300. The highest BCUT2D eigenvalue weighted by Gasteiger charge is 2.49. The number of aliphatic hydroxyl groups excluding tert-OH is 2. The zero-order valence-electron chi connectivity index (χ0n) is 26.1. The molecule has 0 aliphatic carbocycles. The minimum atomic E-state index is -2.87. The molecule has 3 aliphatic rings. The average molecular weight is 676 g/mol. The highest BCUT2D eigenvalue weighted by molar-refractivity contribution is 5.88. The highest BCUT2D eigenvalue weighted by Crippen LogP contribution is 2.37. The lowest BCUT2D eigenvalue weighted by molar-refractivity contribution is -0.230. The number of carbonyl (C=O) groups is 1. The lowest BCUT2D eigenvalue weighted by Gasteiger charge is -2.44. The Morgan fingerprint density at radius 3 is 2.43 bits per heavy atom. The molecule has 47 heavy (non-hydrogen) atoms. The van der Waals surface area contributed by atoms with Crippen LogP contribution in [0, 0.1) is 23.4 Å². The van der Waals surface area contributed by atoms with Crippen LogP contribution < -0.4 is 0 Å². The van der Waals surface area contributed by atoms with E-state index in [1.165, 1.54) is 6.20 Å². The van der Waals surface area contributed by atoms with E-state index in [0.29, 0.717) is 44.5 Å². The van der Waals surface area contributed by atoms with Crippen LogP contribution in [0.3, 0.4) is 0 Å². The van der Waals surface area contributed by atoms with Gasteiger partial charge in [0.15, 0.2) is 17.5 Å². The number of likely N-dealkylation sites (tertiary alicyclic amines) is 1. The first-order chi connectivity index (χ1) is 22.2. The van der Waals surface area contributed by atoms with Gasteiger partial charge in [-0.25, -0.2) is 31.4 Å². The third-order valence-corrected chi connectivity index (χ3v) is 8.34. The van der Waals surface area contributed by atoms with Gasteiger partial charge in [-0.15, -0.1) is 5.10 Å². The number of alkyl halides is 2. The van der Waals surface area contributed by atoms with E-state index in [2.05, 4.69) is 15.5 Å². The number of piperidine rings is 1. The van der Waals surface area contributed by atoms with Gasteiger partial charge >= 0.3 is 6.09 Å². The fraction of sp³-hybridized carbons (Fsp3) is 0.667. The third-order valence-electron chi connectivity index (χ3n) is 8.34. The maximum absolute atomic E-state index is 13.9. The van der Waals surface area contributed by atoms with Gasteiger partial charge in [-0.3, -0.25) is 0 Å². The zero-order chi connectivity index (χ0) is 34.0. The molecule has 1 aromatic heterocycles. The maximum Gasteiger partial charge on any atom is 0.410 e. The number of hydrogen-bond acceptors (Lipinski definition) is 10. The Balaban J connectivity index is 1.29. The molecule has 2 saturated heterocycles. The summed E-state index contributed by atoms with van der Waals surface area (Å²) in [6, 6.07) is 0.196. The fourth-order valence-corrected chi connectivity index (χ4v) is 6.11. The van der Waals surface area contributed by atoms with Gasteiger partial charge in [-0.2, -0.15) is 0 Å². The Morgan fingerprint density at radius 1 is 1.13 bits per heavy atom. The maximum atomic E-state index is 13.9. The minimum Gasteiger partial charge on any atom is -0.444 e. The van der Waals surface area contributed by atoms with Crippen molar-refractivity contribution in [1.29, 1.82) is 0 Å². The molecule has 3 aliphatic heterocycles. The summed E-state index contributed by atoms with van der Waals surface area (Å²) in [5.41, 5.74) is -0.0733. The average Bonchev–Trinajstić information content (AvgIpc) is 3.69. The van der Waals surface area contributed by atoms with Crippen LogP contribution in [0.4, 0.5) is 26.7 Å². The van der Waals surface area contributed by atoms with Crippen LogP contribution >= 0.6 is 0 Å². The van der Waals surface area contributed by atoms with Crippen molar-refractivity contribution in [2.45, 2.75) is 95.0 Å². The second kappa shape index (κ2) is 14.4. The number of hydrogen-bond donors (Lipinski definition) is 2. The number of carbonyl (C=O) groups excluding carboxylic acids is 1. The van der Waals surface area contributed by atoms with E-state index < -0.39 is 79.3 Å². The number of aliphatic hydroxyl groups is 2. The number of nitrogens with zero attached hydrogens (tertiary/aromatic N) is 5. The lowest BCUT2D eigenvalue weighted by Crippen LogP contribution is -2.57. The molecular weight excluding hydrogens is 637 g/mol. The van der Waals surface area contributed by atoms with E-state index >= 15 is 0 Å². The van der Waals surface area contributed by atoms with Gasteiger partial charge < -0.3 is 34.2 Å². The lowest BCUT2D eigenvalue weighted by atomic mass is 9.86. The number of aromatic nitrogens is 3. The van der Waals surface area contributed by atoms with Gasteiger partial charge in [0.1, 0.15) is 48.4 Å². The third kappa shape index (κ3) is 8.18. The van der Waals surface area contributed by atoms with Crippen molar-refractivity contribution in [2.24, 2.45) is 11.1 Å². The molecule has 12 nitrogen and oxygen atoms in total. The fourth-order valence-electron chi connectivity index (χ4n) is 6.11. The van der Waals surface area contributed by atoms with Gasteiger partial charge in [0.25, 0.3) is 6.43 Å². The zero-order valence-corrected chi connectivity index (χ0v) is 26.1. The van der Waals surface area contributed by atoms with E-state index in [0.717, 1.165) is 10.4 Å². The number of oxime groups is 1. The predicted octanol–water partition coefficient (Wildman–Crippen LogP) is 3.86. The number of ether oxygens (including phenoxy) is 3. The van der Waals surface area contributed by atoms with Crippen molar-refractivity contribution in [3.8, 4) is 11.3 Å². The molecule has 0 spiro atoms. The standard InChI is InChI=1S/C30H38F5N5O7/c1-30(2,3)46-29(43)39-6-4-15(5-7-39)20-10-17(47-37-20)11-22-28(44-14-24(33)34)26(27(42)23(13-41)45-22)40-12-21(36-38-40)16-8-18(31)25(35)19(32)9-16/h8-9,12,15,17,22-24,26-28,41-42H,4-7,10-11,13-14H2,1-3H3/t17?,22-,23-,26+,27+,28+/m1/s1. The summed E-state index contributed by atoms with van der Waals surface area (Å²) >= 11 is 0. The second-order valence-electron chi connectivity index (χ2n) is 12.9. The molecule has 0 saturated carbocycles. The van der Waals surface area contributed by atoms with Gasteiger partial charge in [0, 0.05) is 37.4 Å². The summed E-state index contributed by atoms with van der Waals surface area (Å²) in [6.07, 6.45) is -5.82. The molecule has 4 heterocycles. The molecule has 2 N–H and O–H groups in total. The van der Waals surface area contributed by atoms with Crippen molar-refractivity contribution in [1.82, 2.24) is 19.9 Å². The van der Waals surface area contributed by atoms with E-state index in [4.69, 9.17) is 19.0 Å². The highest BCUT2D eigenvalue weighted by atomic mass is 19.3. The minimum absolute atomic E-state index is 0.0475. The van der Waals surface area contributed by atoms with Crippen molar-refractivity contribution in [3.05, 3.63) is 35.8 Å². The Morgan fingerprint density at radius 2 is 1.81 bits per heavy atom. The van der Waals surface area contributed by atoms with Gasteiger partial charge in [-0.1, -0.05) is 10.4 Å². The van der Waals surface area contributed by atoms with Gasteiger partial charge in [0.2, 0.25) is 0 Å². The summed E-state index contributed by atoms with van der Waals surface area (Å²) in [6.45, 7) is 4.70. The monoisotopic (exact) mass is 675 g/mol. The molecular formula is C30H38F5N5O7. The number of benzene rings is 1. The van der Waals surface area contributed by atoms with Crippen molar-refractivity contribution < 1.29 is 56.0 Å². The SMILES string of the molecule is CC(C)(C)OC(=O)N1CCC(C2=NOC(C[C@H]3O[C@H](CO)[C@H](O)[C@H](n4cc(-c5cc(F)c(F)c(F)c5)nn4)[C@H]3OCC(F)F)C2)CC1. The number of amides is 1. The molecule has 1 aromatic carbocycles.